The zero-order valence-corrected chi connectivity index (χ0v) is 7.39. The summed E-state index contributed by atoms with van der Waals surface area (Å²) < 4.78 is 25.5. The molecule has 0 saturated carbocycles. The lowest BCUT2D eigenvalue weighted by Gasteiger charge is -2.00. The molecule has 0 aliphatic heterocycles. The van der Waals surface area contributed by atoms with Crippen molar-refractivity contribution >= 4 is 5.78 Å². The molecule has 0 amide bonds. The summed E-state index contributed by atoms with van der Waals surface area (Å²) in [5, 5.41) is 0. The van der Waals surface area contributed by atoms with Crippen molar-refractivity contribution in [1.82, 2.24) is 0 Å². The quantitative estimate of drug-likeness (QED) is 0.533. The highest BCUT2D eigenvalue weighted by molar-refractivity contribution is 5.96. The van der Waals surface area contributed by atoms with Crippen LogP contribution in [0.4, 0.5) is 8.78 Å². The Morgan fingerprint density at radius 2 is 2.14 bits per heavy atom. The van der Waals surface area contributed by atoms with Crippen LogP contribution in [0.1, 0.15) is 23.2 Å². The molecule has 0 saturated heterocycles. The Balaban J connectivity index is 2.86. The van der Waals surface area contributed by atoms with Gasteiger partial charge >= 0.3 is 0 Å². The minimum atomic E-state index is -0.841. The Labute approximate surface area is 80.7 Å². The summed E-state index contributed by atoms with van der Waals surface area (Å²) in [6.07, 6.45) is 5.30. The molecule has 1 rings (SSSR count). The van der Waals surface area contributed by atoms with Gasteiger partial charge < -0.3 is 0 Å². The van der Waals surface area contributed by atoms with Crippen LogP contribution in [0.25, 0.3) is 0 Å². The van der Waals surface area contributed by atoms with Crippen molar-refractivity contribution in [3.63, 3.8) is 0 Å². The van der Waals surface area contributed by atoms with Gasteiger partial charge in [-0.3, -0.25) is 4.79 Å². The van der Waals surface area contributed by atoms with Crippen LogP contribution in [-0.4, -0.2) is 5.78 Å². The van der Waals surface area contributed by atoms with E-state index in [1.165, 1.54) is 0 Å². The second-order valence-electron chi connectivity index (χ2n) is 2.75. The maximum absolute atomic E-state index is 13.0. The predicted molar refractivity (Wildman–Crippen MR) is 48.8 cm³/mol. The van der Waals surface area contributed by atoms with Crippen LogP contribution in [0.15, 0.2) is 18.2 Å². The predicted octanol–water partition coefficient (Wildman–Crippen LogP) is 2.56. The van der Waals surface area contributed by atoms with Gasteiger partial charge in [0.2, 0.25) is 0 Å². The number of carbonyl (C=O) groups is 1. The summed E-state index contributed by atoms with van der Waals surface area (Å²) in [4.78, 5) is 11.3. The lowest BCUT2D eigenvalue weighted by molar-refractivity contribution is 0.0980. The first-order valence-electron chi connectivity index (χ1n) is 4.07. The molecule has 0 bridgehead atoms. The van der Waals surface area contributed by atoms with E-state index in [4.69, 9.17) is 6.42 Å². The fraction of sp³-hybridized carbons (Fsp3) is 0.182. The monoisotopic (exact) mass is 194 g/mol. The van der Waals surface area contributed by atoms with Crippen LogP contribution in [0.3, 0.4) is 0 Å². The molecule has 14 heavy (non-hydrogen) atoms. The van der Waals surface area contributed by atoms with E-state index >= 15 is 0 Å². The van der Waals surface area contributed by atoms with Crippen molar-refractivity contribution in [3.8, 4) is 12.3 Å². The van der Waals surface area contributed by atoms with Crippen LogP contribution < -0.4 is 0 Å². The van der Waals surface area contributed by atoms with E-state index in [-0.39, 0.29) is 18.4 Å². The third-order valence-corrected chi connectivity index (χ3v) is 1.73. The van der Waals surface area contributed by atoms with E-state index in [0.29, 0.717) is 6.07 Å². The summed E-state index contributed by atoms with van der Waals surface area (Å²) in [6, 6.07) is 2.86. The fourth-order valence-electron chi connectivity index (χ4n) is 1.04. The SMILES string of the molecule is C#CCCC(=O)c1ccc(F)cc1F. The summed E-state index contributed by atoms with van der Waals surface area (Å²) >= 11 is 0. The Morgan fingerprint density at radius 3 is 2.71 bits per heavy atom. The highest BCUT2D eigenvalue weighted by Crippen LogP contribution is 2.12. The van der Waals surface area contributed by atoms with E-state index in [1.54, 1.807) is 0 Å². The summed E-state index contributed by atoms with van der Waals surface area (Å²) in [6.45, 7) is 0. The molecule has 1 nitrogen and oxygen atoms in total. The van der Waals surface area contributed by atoms with Crippen LogP contribution in [0.5, 0.6) is 0 Å². The summed E-state index contributed by atoms with van der Waals surface area (Å²) in [7, 11) is 0. The van der Waals surface area contributed by atoms with Crippen molar-refractivity contribution < 1.29 is 13.6 Å². The minimum absolute atomic E-state index is 0.0824. The van der Waals surface area contributed by atoms with E-state index in [1.807, 2.05) is 0 Å². The Bertz CT molecular complexity index is 391. The number of halogens is 2. The molecule has 3 heteroatoms. The summed E-state index contributed by atoms with van der Waals surface area (Å²) in [5.74, 6) is 0.341. The van der Waals surface area contributed by atoms with Gasteiger partial charge in [0.25, 0.3) is 0 Å². The molecular weight excluding hydrogens is 186 g/mol. The molecule has 0 spiro atoms. The highest BCUT2D eigenvalue weighted by Gasteiger charge is 2.11. The minimum Gasteiger partial charge on any atom is -0.294 e. The van der Waals surface area contributed by atoms with Gasteiger partial charge in [-0.1, -0.05) is 0 Å². The smallest absolute Gasteiger partial charge is 0.166 e. The van der Waals surface area contributed by atoms with Crippen LogP contribution in [0.2, 0.25) is 0 Å². The first-order chi connectivity index (χ1) is 6.65. The lowest BCUT2D eigenvalue weighted by atomic mass is 10.1. The molecule has 0 aliphatic carbocycles. The molecular formula is C11H8F2O. The maximum atomic E-state index is 13.0. The van der Waals surface area contributed by atoms with Crippen LogP contribution >= 0.6 is 0 Å². The molecule has 0 N–H and O–H groups in total. The van der Waals surface area contributed by atoms with Crippen LogP contribution in [-0.2, 0) is 0 Å². The molecule has 0 atom stereocenters. The van der Waals surface area contributed by atoms with Gasteiger partial charge in [0.15, 0.2) is 5.78 Å². The fourth-order valence-corrected chi connectivity index (χ4v) is 1.04. The van der Waals surface area contributed by atoms with Gasteiger partial charge in [0, 0.05) is 18.9 Å². The molecule has 1 aromatic rings. The normalized spacial score (nSPS) is 9.50. The average molecular weight is 194 g/mol. The number of hydrogen-bond acceptors (Lipinski definition) is 1. The molecule has 0 unspecified atom stereocenters. The highest BCUT2D eigenvalue weighted by atomic mass is 19.1. The number of terminal acetylenes is 1. The Hall–Kier alpha value is -1.69. The maximum Gasteiger partial charge on any atom is 0.166 e. The standard InChI is InChI=1S/C11H8F2O/c1-2-3-4-11(14)9-6-5-8(12)7-10(9)13/h1,5-7H,3-4H2. The Morgan fingerprint density at radius 1 is 1.43 bits per heavy atom. The topological polar surface area (TPSA) is 17.1 Å². The van der Waals surface area contributed by atoms with Gasteiger partial charge in [-0.05, 0) is 12.1 Å². The van der Waals surface area contributed by atoms with E-state index in [0.717, 1.165) is 12.1 Å². The third kappa shape index (κ3) is 2.40. The number of benzene rings is 1. The number of Topliss-reactive ketones (excluding diaryl/α,β-unsaturated/α-hetero) is 1. The van der Waals surface area contributed by atoms with E-state index in [9.17, 15) is 13.6 Å². The van der Waals surface area contributed by atoms with Gasteiger partial charge in [-0.2, -0.15) is 0 Å². The Kier molecular flexibility index (Phi) is 3.35. The summed E-state index contributed by atoms with van der Waals surface area (Å²) in [5.41, 5.74) is -0.110. The number of rotatable bonds is 3. The van der Waals surface area contributed by atoms with Crippen molar-refractivity contribution in [2.75, 3.05) is 0 Å². The molecule has 1 aromatic carbocycles. The zero-order chi connectivity index (χ0) is 10.6. The lowest BCUT2D eigenvalue weighted by Crippen LogP contribution is -2.02. The van der Waals surface area contributed by atoms with Gasteiger partial charge in [-0.15, -0.1) is 12.3 Å². The van der Waals surface area contributed by atoms with Crippen molar-refractivity contribution in [2.45, 2.75) is 12.8 Å². The molecule has 0 aromatic heterocycles. The molecule has 0 fully saturated rings. The largest absolute Gasteiger partial charge is 0.294 e. The number of ketones is 1. The third-order valence-electron chi connectivity index (χ3n) is 1.73. The van der Waals surface area contributed by atoms with E-state index < -0.39 is 17.4 Å². The second kappa shape index (κ2) is 4.52. The van der Waals surface area contributed by atoms with Crippen molar-refractivity contribution in [3.05, 3.63) is 35.4 Å². The molecule has 0 radical (unpaired) electrons. The first-order valence-corrected chi connectivity index (χ1v) is 4.07. The zero-order valence-electron chi connectivity index (χ0n) is 7.39. The first kappa shape index (κ1) is 10.4. The average Bonchev–Trinajstić information content (AvgIpc) is 2.14. The van der Waals surface area contributed by atoms with Gasteiger partial charge in [0.05, 0.1) is 5.56 Å². The van der Waals surface area contributed by atoms with Crippen molar-refractivity contribution in [2.24, 2.45) is 0 Å². The number of hydrogen-bond donors (Lipinski definition) is 0. The molecule has 72 valence electrons. The molecule has 0 heterocycles. The number of carbonyl (C=O) groups excluding carboxylic acids is 1. The van der Waals surface area contributed by atoms with Crippen molar-refractivity contribution in [1.29, 1.82) is 0 Å². The van der Waals surface area contributed by atoms with Crippen LogP contribution in [0, 0.1) is 24.0 Å². The van der Waals surface area contributed by atoms with E-state index in [2.05, 4.69) is 5.92 Å². The molecule has 0 aliphatic rings. The van der Waals surface area contributed by atoms with Gasteiger partial charge in [-0.25, -0.2) is 8.78 Å². The second-order valence-corrected chi connectivity index (χ2v) is 2.75. The van der Waals surface area contributed by atoms with Gasteiger partial charge in [0.1, 0.15) is 11.6 Å².